The lowest BCUT2D eigenvalue weighted by Crippen LogP contribution is -2.63. The molecular weight excluding hydrogens is 1010 g/mol. The van der Waals surface area contributed by atoms with Crippen molar-refractivity contribution in [1.29, 1.82) is 0 Å². The van der Waals surface area contributed by atoms with Gasteiger partial charge in [-0.05, 0) is 55.9 Å². The van der Waals surface area contributed by atoms with Gasteiger partial charge in [-0.1, -0.05) is 112 Å². The van der Waals surface area contributed by atoms with Gasteiger partial charge in [-0.25, -0.2) is 0 Å². The number of aliphatic imine (C=N–C) groups is 1. The van der Waals surface area contributed by atoms with E-state index in [1.807, 2.05) is 6.92 Å². The van der Waals surface area contributed by atoms with Gasteiger partial charge >= 0.3 is 0 Å². The lowest BCUT2D eigenvalue weighted by Gasteiger charge is -2.41. The summed E-state index contributed by atoms with van der Waals surface area (Å²) in [6.07, 6.45) is 4.19. The lowest BCUT2D eigenvalue weighted by atomic mass is 9.82. The number of nitrogens with one attached hydrogen (secondary N) is 7. The summed E-state index contributed by atoms with van der Waals surface area (Å²) >= 11 is 0. The standard InChI is InChI=1S/C49H78N14O10S2/c1-5-27(3)37-44(70)59-32(24-35(50)64)41(67)60-33(47(73)63-22-14-18-34(63)43(69)57-30(17-13-21-55-48(53)54)40(66)56-25-36(51)65)26-74-75-49(19-11-8-12-20-49)39(52)46(72)62-38(28(4)6-2)45(71)58-31(42(68)61-37)23-29-15-9-7-10-16-29/h7,9-10,15-16,27-28,30-34,37-39H,5-6,8,11-14,17-26,52H2,1-4H3,(H2,50,64)(H2,51,65)(H,56,66)(H,57,69)(H,58,71)(H,59,70)(H,60,67)(H,61,68)(H,62,72)(H4,53,54,55). The van der Waals surface area contributed by atoms with Gasteiger partial charge < -0.3 is 70.8 Å². The molecular formula is C49H78N14O10S2. The average molecular weight is 1090 g/mol. The van der Waals surface area contributed by atoms with E-state index < -0.39 is 137 Å². The van der Waals surface area contributed by atoms with E-state index in [0.29, 0.717) is 50.5 Å². The van der Waals surface area contributed by atoms with Crippen molar-refractivity contribution in [3.63, 3.8) is 0 Å². The molecule has 1 spiro atoms. The number of nitrogens with two attached hydrogens (primary N) is 5. The summed E-state index contributed by atoms with van der Waals surface area (Å²) in [4.78, 5) is 144. The van der Waals surface area contributed by atoms with Crippen LogP contribution < -0.4 is 65.9 Å². The quantitative estimate of drug-likeness (QED) is 0.0333. The fourth-order valence-electron chi connectivity index (χ4n) is 9.24. The van der Waals surface area contributed by atoms with Crippen LogP contribution in [0.1, 0.15) is 110 Å². The maximum absolute atomic E-state index is 14.9. The summed E-state index contributed by atoms with van der Waals surface area (Å²) in [5.74, 6) is -9.05. The number of guanidine groups is 1. The highest BCUT2D eigenvalue weighted by molar-refractivity contribution is 8.77. The van der Waals surface area contributed by atoms with Crippen molar-refractivity contribution < 1.29 is 47.9 Å². The smallest absolute Gasteiger partial charge is 0.246 e. The van der Waals surface area contributed by atoms with Gasteiger partial charge in [0.15, 0.2) is 5.96 Å². The molecule has 2 aliphatic heterocycles. The highest BCUT2D eigenvalue weighted by Crippen LogP contribution is 2.48. The highest BCUT2D eigenvalue weighted by atomic mass is 33.1. The van der Waals surface area contributed by atoms with Crippen molar-refractivity contribution in [2.24, 2.45) is 45.5 Å². The normalized spacial score (nSPS) is 25.4. The Kier molecular flexibility index (Phi) is 24.4. The molecule has 10 unspecified atom stereocenters. The van der Waals surface area contributed by atoms with Crippen LogP contribution in [0.25, 0.3) is 0 Å². The first-order valence-corrected chi connectivity index (χ1v) is 28.1. The molecule has 1 aromatic rings. The maximum atomic E-state index is 14.9. The zero-order chi connectivity index (χ0) is 55.4. The Hall–Kier alpha value is -6.15. The summed E-state index contributed by atoms with van der Waals surface area (Å²) in [5.41, 5.74) is 29.4. The Morgan fingerprint density at radius 3 is 1.96 bits per heavy atom. The molecule has 0 aromatic heterocycles. The Bertz CT molecular complexity index is 2220. The summed E-state index contributed by atoms with van der Waals surface area (Å²) in [7, 11) is 2.44. The number of likely N-dealkylation sites (tertiary alicyclic amines) is 1. The molecule has 26 heteroatoms. The second kappa shape index (κ2) is 29.8. The third-order valence-electron chi connectivity index (χ3n) is 14.0. The number of amides is 10. The summed E-state index contributed by atoms with van der Waals surface area (Å²) in [6.45, 7) is 6.82. The fraction of sp³-hybridized carbons (Fsp3) is 0.653. The number of nitrogens with zero attached hydrogens (tertiary/aromatic N) is 2. The van der Waals surface area contributed by atoms with Gasteiger partial charge in [0.25, 0.3) is 0 Å². The average Bonchev–Trinajstić information content (AvgIpc) is 3.88. The SMILES string of the molecule is CCC(C)C1NC(=O)C(Cc2ccccc2)NC(=O)C(C(C)CC)NC(=O)C(N)C2(CCCCC2)SSCC(C(=O)N2CCCC2C(=O)NC(CCCN=C(N)N)C(=O)NCC(N)=O)NC(=O)C(CC(N)=O)NC1=O. The Morgan fingerprint density at radius 2 is 1.37 bits per heavy atom. The molecule has 416 valence electrons. The van der Waals surface area contributed by atoms with Crippen molar-refractivity contribution in [3.8, 4) is 0 Å². The van der Waals surface area contributed by atoms with E-state index in [2.05, 4.69) is 42.2 Å². The number of rotatable bonds is 18. The van der Waals surface area contributed by atoms with E-state index in [0.717, 1.165) is 17.2 Å². The summed E-state index contributed by atoms with van der Waals surface area (Å²) in [5, 5.41) is 18.9. The Balaban J connectivity index is 1.78. The fourth-order valence-corrected chi connectivity index (χ4v) is 12.7. The van der Waals surface area contributed by atoms with E-state index in [1.165, 1.54) is 15.7 Å². The molecule has 0 bridgehead atoms. The third-order valence-corrected chi connectivity index (χ3v) is 17.4. The first-order valence-electron chi connectivity index (χ1n) is 25.7. The van der Waals surface area contributed by atoms with Gasteiger partial charge in [-0.15, -0.1) is 0 Å². The molecule has 10 amide bonds. The van der Waals surface area contributed by atoms with Crippen molar-refractivity contribution in [2.75, 3.05) is 25.4 Å². The predicted octanol–water partition coefficient (Wildman–Crippen LogP) is -1.82. The van der Waals surface area contributed by atoms with Crippen molar-refractivity contribution in [2.45, 2.75) is 164 Å². The van der Waals surface area contributed by atoms with E-state index in [-0.39, 0.29) is 50.5 Å². The minimum Gasteiger partial charge on any atom is -0.370 e. The van der Waals surface area contributed by atoms with Crippen LogP contribution in [0.15, 0.2) is 35.3 Å². The number of benzene rings is 1. The molecule has 1 aliphatic carbocycles. The number of hydrogen-bond donors (Lipinski definition) is 12. The molecule has 3 fully saturated rings. The van der Waals surface area contributed by atoms with Gasteiger partial charge in [0.05, 0.1) is 23.8 Å². The van der Waals surface area contributed by atoms with Crippen LogP contribution in [-0.4, -0.2) is 148 Å². The van der Waals surface area contributed by atoms with E-state index >= 15 is 0 Å². The first kappa shape index (κ1) is 61.4. The number of carbonyl (C=O) groups excluding carboxylic acids is 10. The van der Waals surface area contributed by atoms with E-state index in [4.69, 9.17) is 28.7 Å². The molecule has 1 aromatic carbocycles. The summed E-state index contributed by atoms with van der Waals surface area (Å²) in [6, 6.07) is -1.39. The zero-order valence-electron chi connectivity index (χ0n) is 43.4. The number of primary amides is 2. The summed E-state index contributed by atoms with van der Waals surface area (Å²) < 4.78 is -0.924. The van der Waals surface area contributed by atoms with Gasteiger partial charge in [0.1, 0.15) is 42.3 Å². The van der Waals surface area contributed by atoms with Crippen LogP contribution in [0.3, 0.4) is 0 Å². The van der Waals surface area contributed by atoms with Crippen LogP contribution in [-0.2, 0) is 54.4 Å². The van der Waals surface area contributed by atoms with Gasteiger partial charge in [0, 0.05) is 25.3 Å². The van der Waals surface area contributed by atoms with Crippen LogP contribution in [0, 0.1) is 11.8 Å². The molecule has 0 radical (unpaired) electrons. The van der Waals surface area contributed by atoms with E-state index in [9.17, 15) is 47.9 Å². The van der Waals surface area contributed by atoms with Gasteiger partial charge in [-0.3, -0.25) is 52.9 Å². The highest BCUT2D eigenvalue weighted by Gasteiger charge is 2.46. The van der Waals surface area contributed by atoms with Gasteiger partial charge in [-0.2, -0.15) is 0 Å². The molecule has 4 rings (SSSR count). The van der Waals surface area contributed by atoms with Crippen LogP contribution >= 0.6 is 21.6 Å². The van der Waals surface area contributed by atoms with Gasteiger partial charge in [0.2, 0.25) is 59.1 Å². The van der Waals surface area contributed by atoms with Crippen molar-refractivity contribution in [3.05, 3.63) is 35.9 Å². The Labute approximate surface area is 446 Å². The number of carbonyl (C=O) groups is 10. The monoisotopic (exact) mass is 1090 g/mol. The second-order valence-corrected chi connectivity index (χ2v) is 22.4. The molecule has 24 nitrogen and oxygen atoms in total. The van der Waals surface area contributed by atoms with E-state index in [1.54, 1.807) is 51.1 Å². The lowest BCUT2D eigenvalue weighted by molar-refractivity contribution is -0.142. The third kappa shape index (κ3) is 18.3. The molecule has 2 heterocycles. The first-order chi connectivity index (χ1) is 35.6. The second-order valence-electron chi connectivity index (χ2n) is 19.6. The topological polar surface area (TPSA) is 401 Å². The predicted molar refractivity (Wildman–Crippen MR) is 285 cm³/mol. The largest absolute Gasteiger partial charge is 0.370 e. The van der Waals surface area contributed by atoms with Crippen LogP contribution in [0.4, 0.5) is 0 Å². The van der Waals surface area contributed by atoms with Crippen LogP contribution in [0.5, 0.6) is 0 Å². The minimum absolute atomic E-state index is 0.000144. The molecule has 1 saturated carbocycles. The minimum atomic E-state index is -1.66. The molecule has 2 saturated heterocycles. The van der Waals surface area contributed by atoms with Crippen LogP contribution in [0.2, 0.25) is 0 Å². The Morgan fingerprint density at radius 1 is 0.773 bits per heavy atom. The maximum Gasteiger partial charge on any atom is 0.246 e. The zero-order valence-corrected chi connectivity index (χ0v) is 45.0. The molecule has 10 atom stereocenters. The molecule has 3 aliphatic rings. The molecule has 75 heavy (non-hydrogen) atoms. The number of hydrogen-bond acceptors (Lipinski definition) is 14. The van der Waals surface area contributed by atoms with Crippen molar-refractivity contribution in [1.82, 2.24) is 42.1 Å². The molecule has 17 N–H and O–H groups in total. The van der Waals surface area contributed by atoms with Crippen molar-refractivity contribution >= 4 is 86.6 Å².